The Kier molecular flexibility index (Phi) is 4.77. The predicted octanol–water partition coefficient (Wildman–Crippen LogP) is 4.20. The number of carbonyl (C=O) groups excluding carboxylic acids is 1. The number of carbonyl (C=O) groups is 1. The fourth-order valence-corrected chi connectivity index (χ4v) is 1.82. The average molecular weight is 281 g/mol. The molecule has 2 aromatic rings. The van der Waals surface area contributed by atoms with Gasteiger partial charge in [0.25, 0.3) is 5.91 Å². The molecule has 0 aliphatic heterocycles. The Bertz CT molecular complexity index is 645. The summed E-state index contributed by atoms with van der Waals surface area (Å²) in [5, 5.41) is 2.90. The van der Waals surface area contributed by atoms with Gasteiger partial charge in [0.15, 0.2) is 0 Å². The van der Waals surface area contributed by atoms with Crippen molar-refractivity contribution in [2.45, 2.75) is 13.8 Å². The van der Waals surface area contributed by atoms with E-state index in [-0.39, 0.29) is 5.91 Å². The van der Waals surface area contributed by atoms with Crippen LogP contribution < -0.4 is 10.1 Å². The van der Waals surface area contributed by atoms with Crippen molar-refractivity contribution in [3.8, 4) is 5.75 Å². The summed E-state index contributed by atoms with van der Waals surface area (Å²) in [6.45, 7) is 8.13. The SMILES string of the molecule is C=C(C)COc1ccc(C(=O)Nc2ccccc2C)cc1. The summed E-state index contributed by atoms with van der Waals surface area (Å²) in [5.41, 5.74) is 3.41. The molecule has 0 aromatic heterocycles. The lowest BCUT2D eigenvalue weighted by Crippen LogP contribution is -2.12. The van der Waals surface area contributed by atoms with Gasteiger partial charge in [-0.25, -0.2) is 0 Å². The lowest BCUT2D eigenvalue weighted by atomic mass is 10.1. The van der Waals surface area contributed by atoms with Gasteiger partial charge in [0, 0.05) is 11.3 Å². The zero-order valence-corrected chi connectivity index (χ0v) is 12.3. The molecule has 0 radical (unpaired) electrons. The fraction of sp³-hybridized carbons (Fsp3) is 0.167. The first-order chi connectivity index (χ1) is 10.1. The monoisotopic (exact) mass is 281 g/mol. The van der Waals surface area contributed by atoms with E-state index in [0.29, 0.717) is 12.2 Å². The number of hydrogen-bond donors (Lipinski definition) is 1. The standard InChI is InChI=1S/C18H19NO2/c1-13(2)12-21-16-10-8-15(9-11-16)18(20)19-17-7-5-4-6-14(17)3/h4-11H,1,12H2,2-3H3,(H,19,20). The highest BCUT2D eigenvalue weighted by Gasteiger charge is 2.07. The number of para-hydroxylation sites is 1. The zero-order chi connectivity index (χ0) is 15.2. The molecule has 0 atom stereocenters. The van der Waals surface area contributed by atoms with Crippen LogP contribution in [0.15, 0.2) is 60.7 Å². The maximum Gasteiger partial charge on any atom is 0.255 e. The molecule has 2 aromatic carbocycles. The van der Waals surface area contributed by atoms with Crippen molar-refractivity contribution in [3.05, 3.63) is 71.8 Å². The molecule has 21 heavy (non-hydrogen) atoms. The van der Waals surface area contributed by atoms with E-state index in [0.717, 1.165) is 22.6 Å². The van der Waals surface area contributed by atoms with E-state index in [4.69, 9.17) is 4.74 Å². The number of ether oxygens (including phenoxy) is 1. The highest BCUT2D eigenvalue weighted by Crippen LogP contribution is 2.17. The Morgan fingerprint density at radius 1 is 1.14 bits per heavy atom. The van der Waals surface area contributed by atoms with Gasteiger partial charge in [0.2, 0.25) is 0 Å². The third-order valence-corrected chi connectivity index (χ3v) is 3.00. The van der Waals surface area contributed by atoms with Crippen molar-refractivity contribution in [2.75, 3.05) is 11.9 Å². The molecule has 0 bridgehead atoms. The smallest absolute Gasteiger partial charge is 0.255 e. The molecule has 0 fully saturated rings. The third-order valence-electron chi connectivity index (χ3n) is 3.00. The van der Waals surface area contributed by atoms with Gasteiger partial charge in [-0.1, -0.05) is 24.8 Å². The summed E-state index contributed by atoms with van der Waals surface area (Å²) in [7, 11) is 0. The number of aryl methyl sites for hydroxylation is 1. The van der Waals surface area contributed by atoms with Crippen molar-refractivity contribution in [2.24, 2.45) is 0 Å². The quantitative estimate of drug-likeness (QED) is 0.834. The summed E-state index contributed by atoms with van der Waals surface area (Å²) in [4.78, 5) is 12.2. The van der Waals surface area contributed by atoms with Crippen LogP contribution in [0.4, 0.5) is 5.69 Å². The Morgan fingerprint density at radius 3 is 2.43 bits per heavy atom. The number of hydrogen-bond acceptors (Lipinski definition) is 2. The first-order valence-electron chi connectivity index (χ1n) is 6.80. The lowest BCUT2D eigenvalue weighted by Gasteiger charge is -2.09. The third kappa shape index (κ3) is 4.21. The molecular weight excluding hydrogens is 262 g/mol. The number of amides is 1. The molecule has 0 heterocycles. The topological polar surface area (TPSA) is 38.3 Å². The number of anilines is 1. The minimum absolute atomic E-state index is 0.129. The number of benzene rings is 2. The van der Waals surface area contributed by atoms with Crippen LogP contribution in [0.2, 0.25) is 0 Å². The Morgan fingerprint density at radius 2 is 1.81 bits per heavy atom. The van der Waals surface area contributed by atoms with E-state index in [1.54, 1.807) is 24.3 Å². The Hall–Kier alpha value is -2.55. The average Bonchev–Trinajstić information content (AvgIpc) is 2.48. The molecule has 0 spiro atoms. The lowest BCUT2D eigenvalue weighted by molar-refractivity contribution is 0.102. The number of nitrogens with one attached hydrogen (secondary N) is 1. The van der Waals surface area contributed by atoms with Gasteiger partial charge in [-0.15, -0.1) is 0 Å². The van der Waals surface area contributed by atoms with Gasteiger partial charge in [-0.2, -0.15) is 0 Å². The van der Waals surface area contributed by atoms with Gasteiger partial charge in [-0.3, -0.25) is 4.79 Å². The first kappa shape index (κ1) is 14.9. The van der Waals surface area contributed by atoms with Gasteiger partial charge >= 0.3 is 0 Å². The van der Waals surface area contributed by atoms with Crippen molar-refractivity contribution in [3.63, 3.8) is 0 Å². The van der Waals surface area contributed by atoms with E-state index in [2.05, 4.69) is 11.9 Å². The van der Waals surface area contributed by atoms with E-state index in [1.165, 1.54) is 0 Å². The molecule has 0 unspecified atom stereocenters. The minimum Gasteiger partial charge on any atom is -0.489 e. The summed E-state index contributed by atoms with van der Waals surface area (Å²) in [6, 6.07) is 14.8. The fourth-order valence-electron chi connectivity index (χ4n) is 1.82. The van der Waals surface area contributed by atoms with Gasteiger partial charge in [0.1, 0.15) is 12.4 Å². The second-order valence-electron chi connectivity index (χ2n) is 5.04. The summed E-state index contributed by atoms with van der Waals surface area (Å²) >= 11 is 0. The van der Waals surface area contributed by atoms with Crippen LogP contribution >= 0.6 is 0 Å². The predicted molar refractivity (Wildman–Crippen MR) is 85.9 cm³/mol. The second-order valence-corrected chi connectivity index (χ2v) is 5.04. The van der Waals surface area contributed by atoms with Crippen molar-refractivity contribution >= 4 is 11.6 Å². The Balaban J connectivity index is 2.03. The van der Waals surface area contributed by atoms with Gasteiger partial charge < -0.3 is 10.1 Å². The molecule has 0 aliphatic carbocycles. The molecule has 0 aliphatic rings. The summed E-state index contributed by atoms with van der Waals surface area (Å²) in [5.74, 6) is 0.598. The molecule has 3 heteroatoms. The van der Waals surface area contributed by atoms with Crippen LogP contribution in [0.1, 0.15) is 22.8 Å². The number of rotatable bonds is 5. The molecule has 1 N–H and O–H groups in total. The van der Waals surface area contributed by atoms with Crippen LogP contribution in [-0.4, -0.2) is 12.5 Å². The van der Waals surface area contributed by atoms with Crippen molar-refractivity contribution in [1.29, 1.82) is 0 Å². The van der Waals surface area contributed by atoms with E-state index in [1.807, 2.05) is 38.1 Å². The summed E-state index contributed by atoms with van der Waals surface area (Å²) < 4.78 is 5.51. The summed E-state index contributed by atoms with van der Waals surface area (Å²) in [6.07, 6.45) is 0. The van der Waals surface area contributed by atoms with Crippen molar-refractivity contribution < 1.29 is 9.53 Å². The van der Waals surface area contributed by atoms with E-state index >= 15 is 0 Å². The highest BCUT2D eigenvalue weighted by molar-refractivity contribution is 6.04. The minimum atomic E-state index is -0.129. The van der Waals surface area contributed by atoms with E-state index < -0.39 is 0 Å². The van der Waals surface area contributed by atoms with Crippen LogP contribution in [0.3, 0.4) is 0 Å². The van der Waals surface area contributed by atoms with Gasteiger partial charge in [0.05, 0.1) is 0 Å². The Labute approximate surface area is 125 Å². The maximum absolute atomic E-state index is 12.2. The van der Waals surface area contributed by atoms with Crippen LogP contribution in [0.5, 0.6) is 5.75 Å². The second kappa shape index (κ2) is 6.75. The molecule has 0 saturated carbocycles. The van der Waals surface area contributed by atoms with Crippen LogP contribution in [-0.2, 0) is 0 Å². The molecule has 0 saturated heterocycles. The van der Waals surface area contributed by atoms with Crippen LogP contribution in [0, 0.1) is 6.92 Å². The van der Waals surface area contributed by atoms with Crippen LogP contribution in [0.25, 0.3) is 0 Å². The maximum atomic E-state index is 12.2. The zero-order valence-electron chi connectivity index (χ0n) is 12.3. The largest absolute Gasteiger partial charge is 0.489 e. The van der Waals surface area contributed by atoms with Gasteiger partial charge in [-0.05, 0) is 55.3 Å². The normalized spacial score (nSPS) is 10.0. The first-order valence-corrected chi connectivity index (χ1v) is 6.80. The molecule has 108 valence electrons. The molecular formula is C18H19NO2. The van der Waals surface area contributed by atoms with E-state index in [9.17, 15) is 4.79 Å². The highest BCUT2D eigenvalue weighted by atomic mass is 16.5. The molecule has 2 rings (SSSR count). The molecule has 3 nitrogen and oxygen atoms in total. The molecule has 1 amide bonds. The van der Waals surface area contributed by atoms with Crippen molar-refractivity contribution in [1.82, 2.24) is 0 Å².